The van der Waals surface area contributed by atoms with E-state index in [0.29, 0.717) is 5.70 Å². The minimum atomic E-state index is -0.631. The number of nitrogens with one attached hydrogen (secondary N) is 2. The molecule has 0 saturated heterocycles. The largest absolute Gasteiger partial charge is 0.343 e. The lowest BCUT2D eigenvalue weighted by atomic mass is 10.2. The molecule has 0 fully saturated rings. The van der Waals surface area contributed by atoms with Gasteiger partial charge in [0, 0.05) is 5.70 Å². The third kappa shape index (κ3) is 5.87. The van der Waals surface area contributed by atoms with E-state index in [4.69, 9.17) is 5.73 Å². The number of hydrogen-bond donors (Lipinski definition) is 3. The Bertz CT molecular complexity index is 322. The highest BCUT2D eigenvalue weighted by Gasteiger charge is 2.17. The zero-order valence-electron chi connectivity index (χ0n) is 10.6. The highest BCUT2D eigenvalue weighted by Crippen LogP contribution is 1.95. The van der Waals surface area contributed by atoms with Crippen molar-refractivity contribution in [1.29, 1.82) is 0 Å². The van der Waals surface area contributed by atoms with Crippen LogP contribution in [-0.2, 0) is 9.59 Å². The lowest BCUT2D eigenvalue weighted by molar-refractivity contribution is -0.128. The molecular formula is C12H21N3O2. The first kappa shape index (κ1) is 15.4. The minimum absolute atomic E-state index is 0.293. The summed E-state index contributed by atoms with van der Waals surface area (Å²) in [6.45, 7) is 8.71. The number of carbonyl (C=O) groups is 2. The number of hydrogen-bond acceptors (Lipinski definition) is 3. The fourth-order valence-corrected chi connectivity index (χ4v) is 1.07. The van der Waals surface area contributed by atoms with Crippen LogP contribution in [0.3, 0.4) is 0 Å². The maximum Gasteiger partial charge on any atom is 0.246 e. The summed E-state index contributed by atoms with van der Waals surface area (Å²) >= 11 is 0. The molecular weight excluding hydrogens is 218 g/mol. The van der Waals surface area contributed by atoms with Crippen LogP contribution < -0.4 is 16.4 Å². The summed E-state index contributed by atoms with van der Waals surface area (Å²) in [5.41, 5.74) is 6.03. The van der Waals surface area contributed by atoms with Gasteiger partial charge in [0.1, 0.15) is 6.04 Å². The fourth-order valence-electron chi connectivity index (χ4n) is 1.07. The van der Waals surface area contributed by atoms with Gasteiger partial charge in [-0.15, -0.1) is 0 Å². The van der Waals surface area contributed by atoms with Gasteiger partial charge in [-0.25, -0.2) is 0 Å². The van der Waals surface area contributed by atoms with Crippen molar-refractivity contribution < 1.29 is 9.59 Å². The summed E-state index contributed by atoms with van der Waals surface area (Å²) in [5.74, 6) is -0.647. The van der Waals surface area contributed by atoms with Gasteiger partial charge in [0.05, 0.1) is 6.04 Å². The summed E-state index contributed by atoms with van der Waals surface area (Å²) in [6, 6.07) is -1.26. The second-order valence-corrected chi connectivity index (χ2v) is 3.78. The first-order valence-corrected chi connectivity index (χ1v) is 5.61. The van der Waals surface area contributed by atoms with Crippen LogP contribution in [-0.4, -0.2) is 23.9 Å². The van der Waals surface area contributed by atoms with E-state index in [9.17, 15) is 9.59 Å². The molecule has 0 heterocycles. The standard InChI is InChI=1S/C12H21N3O2/c1-5-7-10(6-2)15-12(17)9(4)14-11(16)8(3)13/h6-9H,2,5,13H2,1,3-4H3,(H,14,16)(H,15,17)/b10-7+/t8-,9+/m0/s1. The average Bonchev–Trinajstić information content (AvgIpc) is 2.27. The molecule has 0 unspecified atom stereocenters. The van der Waals surface area contributed by atoms with Gasteiger partial charge < -0.3 is 16.4 Å². The van der Waals surface area contributed by atoms with Crippen molar-refractivity contribution in [1.82, 2.24) is 10.6 Å². The van der Waals surface area contributed by atoms with Gasteiger partial charge in [-0.1, -0.05) is 19.6 Å². The van der Waals surface area contributed by atoms with Crippen LogP contribution in [0.5, 0.6) is 0 Å². The second-order valence-electron chi connectivity index (χ2n) is 3.78. The normalized spacial score (nSPS) is 14.7. The van der Waals surface area contributed by atoms with Gasteiger partial charge >= 0.3 is 0 Å². The molecule has 0 bridgehead atoms. The number of allylic oxidation sites excluding steroid dienone is 2. The summed E-state index contributed by atoms with van der Waals surface area (Å²) < 4.78 is 0. The molecule has 0 spiro atoms. The molecule has 0 aromatic rings. The molecule has 0 radical (unpaired) electrons. The summed E-state index contributed by atoms with van der Waals surface area (Å²) in [4.78, 5) is 23.0. The molecule has 0 aromatic heterocycles. The topological polar surface area (TPSA) is 84.2 Å². The quantitative estimate of drug-likeness (QED) is 0.588. The Balaban J connectivity index is 4.36. The second kappa shape index (κ2) is 7.62. The Hall–Kier alpha value is -1.62. The van der Waals surface area contributed by atoms with Crippen LogP contribution in [0.15, 0.2) is 24.4 Å². The molecule has 2 atom stereocenters. The molecule has 0 aromatic carbocycles. The van der Waals surface area contributed by atoms with Crippen LogP contribution in [0, 0.1) is 0 Å². The molecule has 0 saturated carbocycles. The predicted molar refractivity (Wildman–Crippen MR) is 68.0 cm³/mol. The van der Waals surface area contributed by atoms with Crippen molar-refractivity contribution in [3.63, 3.8) is 0 Å². The van der Waals surface area contributed by atoms with Gasteiger partial charge in [0.25, 0.3) is 0 Å². The van der Waals surface area contributed by atoms with Crippen molar-refractivity contribution in [2.45, 2.75) is 39.3 Å². The van der Waals surface area contributed by atoms with Gasteiger partial charge in [-0.2, -0.15) is 0 Å². The van der Waals surface area contributed by atoms with Crippen LogP contribution in [0.2, 0.25) is 0 Å². The van der Waals surface area contributed by atoms with E-state index < -0.39 is 12.1 Å². The molecule has 96 valence electrons. The zero-order valence-corrected chi connectivity index (χ0v) is 10.6. The minimum Gasteiger partial charge on any atom is -0.343 e. The SMILES string of the molecule is C=C/C(=C\CC)NC(=O)[C@@H](C)NC(=O)[C@H](C)N. The highest BCUT2D eigenvalue weighted by atomic mass is 16.2. The maximum absolute atomic E-state index is 11.7. The van der Waals surface area contributed by atoms with E-state index in [-0.39, 0.29) is 11.8 Å². The lowest BCUT2D eigenvalue weighted by Crippen LogP contribution is -2.49. The molecule has 0 aliphatic carbocycles. The molecule has 17 heavy (non-hydrogen) atoms. The van der Waals surface area contributed by atoms with Gasteiger partial charge in [-0.05, 0) is 26.3 Å². The van der Waals surface area contributed by atoms with Crippen molar-refractivity contribution in [3.05, 3.63) is 24.4 Å². The summed E-state index contributed by atoms with van der Waals surface area (Å²) in [7, 11) is 0. The smallest absolute Gasteiger partial charge is 0.246 e. The van der Waals surface area contributed by atoms with Crippen molar-refractivity contribution in [3.8, 4) is 0 Å². The van der Waals surface area contributed by atoms with Crippen molar-refractivity contribution >= 4 is 11.8 Å². The Morgan fingerprint density at radius 1 is 1.35 bits per heavy atom. The number of nitrogens with two attached hydrogens (primary N) is 1. The van der Waals surface area contributed by atoms with Crippen LogP contribution in [0.4, 0.5) is 0 Å². The molecule has 0 aliphatic heterocycles. The van der Waals surface area contributed by atoms with Crippen LogP contribution in [0.1, 0.15) is 27.2 Å². The monoisotopic (exact) mass is 239 g/mol. The van der Waals surface area contributed by atoms with Crippen LogP contribution >= 0.6 is 0 Å². The Labute approximate surface area is 102 Å². The first-order chi connectivity index (χ1) is 7.92. The molecule has 0 rings (SSSR count). The third-order valence-electron chi connectivity index (χ3n) is 2.08. The number of rotatable bonds is 6. The Morgan fingerprint density at radius 2 is 1.94 bits per heavy atom. The molecule has 5 heteroatoms. The van der Waals surface area contributed by atoms with E-state index in [1.807, 2.05) is 13.0 Å². The first-order valence-electron chi connectivity index (χ1n) is 5.61. The number of carbonyl (C=O) groups excluding carboxylic acids is 2. The highest BCUT2D eigenvalue weighted by molar-refractivity contribution is 5.90. The maximum atomic E-state index is 11.7. The van der Waals surface area contributed by atoms with E-state index in [1.165, 1.54) is 0 Å². The van der Waals surface area contributed by atoms with E-state index in [2.05, 4.69) is 17.2 Å². The predicted octanol–water partition coefficient (Wildman–Crippen LogP) is 0.434. The lowest BCUT2D eigenvalue weighted by Gasteiger charge is -2.15. The third-order valence-corrected chi connectivity index (χ3v) is 2.08. The van der Waals surface area contributed by atoms with E-state index >= 15 is 0 Å². The fraction of sp³-hybridized carbons (Fsp3) is 0.500. The molecule has 2 amide bonds. The number of amides is 2. The van der Waals surface area contributed by atoms with Crippen LogP contribution in [0.25, 0.3) is 0 Å². The van der Waals surface area contributed by atoms with E-state index in [1.54, 1.807) is 19.9 Å². The molecule has 0 aliphatic rings. The van der Waals surface area contributed by atoms with E-state index in [0.717, 1.165) is 6.42 Å². The van der Waals surface area contributed by atoms with Crippen molar-refractivity contribution in [2.24, 2.45) is 5.73 Å². The molecule has 5 nitrogen and oxygen atoms in total. The molecule has 4 N–H and O–H groups in total. The van der Waals surface area contributed by atoms with Gasteiger partial charge in [0.15, 0.2) is 0 Å². The Morgan fingerprint density at radius 3 is 2.35 bits per heavy atom. The zero-order chi connectivity index (χ0) is 13.4. The van der Waals surface area contributed by atoms with Gasteiger partial charge in [0.2, 0.25) is 11.8 Å². The average molecular weight is 239 g/mol. The Kier molecular flexibility index (Phi) is 6.89. The summed E-state index contributed by atoms with van der Waals surface area (Å²) in [5, 5.41) is 5.17. The summed E-state index contributed by atoms with van der Waals surface area (Å²) in [6.07, 6.45) is 4.19. The van der Waals surface area contributed by atoms with Gasteiger partial charge in [-0.3, -0.25) is 9.59 Å². The van der Waals surface area contributed by atoms with Crippen molar-refractivity contribution in [2.75, 3.05) is 0 Å².